The number of amides is 2. The average molecular weight is 425 g/mol. The highest BCUT2D eigenvalue weighted by Crippen LogP contribution is 2.45. The molecule has 3 heterocycles. The number of pyridine rings is 1. The summed E-state index contributed by atoms with van der Waals surface area (Å²) in [6.45, 7) is 1.16. The molecule has 1 aromatic carbocycles. The molecule has 2 aromatic rings. The van der Waals surface area contributed by atoms with Gasteiger partial charge in [0.25, 0.3) is 5.91 Å². The number of hydrogen-bond acceptors (Lipinski definition) is 6. The molecule has 1 fully saturated rings. The van der Waals surface area contributed by atoms with E-state index in [-0.39, 0.29) is 17.9 Å². The van der Waals surface area contributed by atoms with Crippen LogP contribution < -0.4 is 14.8 Å². The van der Waals surface area contributed by atoms with Crippen LogP contribution in [0.1, 0.15) is 46.3 Å². The second kappa shape index (κ2) is 8.93. The molecule has 0 bridgehead atoms. The van der Waals surface area contributed by atoms with Gasteiger partial charge in [-0.3, -0.25) is 14.6 Å². The molecule has 0 saturated carbocycles. The van der Waals surface area contributed by atoms with Gasteiger partial charge in [0.05, 0.1) is 32.3 Å². The number of ether oxygens (including phenoxy) is 3. The number of rotatable bonds is 6. The summed E-state index contributed by atoms with van der Waals surface area (Å²) < 4.78 is 16.5. The number of carbonyl (C=O) groups is 2. The number of fused-ring (bicyclic) bond motifs is 1. The van der Waals surface area contributed by atoms with E-state index in [1.165, 1.54) is 14.2 Å². The predicted octanol–water partition coefficient (Wildman–Crippen LogP) is 2.30. The van der Waals surface area contributed by atoms with Crippen LogP contribution in [0.2, 0.25) is 0 Å². The van der Waals surface area contributed by atoms with E-state index in [9.17, 15) is 9.59 Å². The molecule has 3 atom stereocenters. The Kier molecular flexibility index (Phi) is 6.08. The summed E-state index contributed by atoms with van der Waals surface area (Å²) in [5, 5.41) is 3.04. The van der Waals surface area contributed by atoms with E-state index in [4.69, 9.17) is 14.2 Å². The van der Waals surface area contributed by atoms with Crippen molar-refractivity contribution in [3.63, 3.8) is 0 Å². The van der Waals surface area contributed by atoms with Gasteiger partial charge in [0.1, 0.15) is 0 Å². The van der Waals surface area contributed by atoms with Crippen LogP contribution in [0, 0.1) is 0 Å². The zero-order chi connectivity index (χ0) is 22.0. The lowest BCUT2D eigenvalue weighted by Crippen LogP contribution is -2.46. The van der Waals surface area contributed by atoms with Crippen LogP contribution in [0.25, 0.3) is 0 Å². The molecule has 1 N–H and O–H groups in total. The van der Waals surface area contributed by atoms with Crippen LogP contribution in [-0.4, -0.2) is 62.2 Å². The highest BCUT2D eigenvalue weighted by molar-refractivity contribution is 6.02. The number of likely N-dealkylation sites (N-methyl/N-ethyl adjacent to an activating group) is 1. The van der Waals surface area contributed by atoms with E-state index >= 15 is 0 Å². The van der Waals surface area contributed by atoms with Crippen LogP contribution in [0.5, 0.6) is 11.5 Å². The van der Waals surface area contributed by atoms with Crippen molar-refractivity contribution in [2.75, 3.05) is 34.4 Å². The molecule has 2 aliphatic heterocycles. The SMILES string of the molecule is COc1cc2c(cc1OC)[C@@H](C(=O)NC[C@@H]1CCCO1)[C@H](c1cccnc1)N(C)C2=O. The summed E-state index contributed by atoms with van der Waals surface area (Å²) in [4.78, 5) is 32.6. The van der Waals surface area contributed by atoms with Gasteiger partial charge in [-0.15, -0.1) is 0 Å². The molecule has 0 aliphatic carbocycles. The van der Waals surface area contributed by atoms with E-state index in [1.54, 1.807) is 42.5 Å². The molecule has 2 amide bonds. The van der Waals surface area contributed by atoms with Gasteiger partial charge in [-0.25, -0.2) is 0 Å². The smallest absolute Gasteiger partial charge is 0.254 e. The third-order valence-corrected chi connectivity index (χ3v) is 6.01. The van der Waals surface area contributed by atoms with Gasteiger partial charge in [-0.2, -0.15) is 0 Å². The first kappa shape index (κ1) is 21.1. The molecule has 164 valence electrons. The first-order chi connectivity index (χ1) is 15.0. The Morgan fingerprint density at radius 1 is 1.29 bits per heavy atom. The third-order valence-electron chi connectivity index (χ3n) is 6.01. The minimum Gasteiger partial charge on any atom is -0.493 e. The van der Waals surface area contributed by atoms with E-state index in [1.807, 2.05) is 6.07 Å². The highest BCUT2D eigenvalue weighted by atomic mass is 16.5. The van der Waals surface area contributed by atoms with Crippen molar-refractivity contribution in [2.24, 2.45) is 0 Å². The zero-order valence-electron chi connectivity index (χ0n) is 18.0. The number of nitrogens with one attached hydrogen (secondary N) is 1. The molecular weight excluding hydrogens is 398 g/mol. The maximum absolute atomic E-state index is 13.5. The number of hydrogen-bond donors (Lipinski definition) is 1. The molecule has 31 heavy (non-hydrogen) atoms. The van der Waals surface area contributed by atoms with E-state index in [0.717, 1.165) is 25.0 Å². The fraction of sp³-hybridized carbons (Fsp3) is 0.435. The van der Waals surface area contributed by atoms with Crippen LogP contribution >= 0.6 is 0 Å². The molecule has 8 heteroatoms. The lowest BCUT2D eigenvalue weighted by molar-refractivity contribution is -0.124. The second-order valence-electron chi connectivity index (χ2n) is 7.80. The molecule has 0 unspecified atom stereocenters. The Labute approximate surface area is 181 Å². The van der Waals surface area contributed by atoms with Gasteiger partial charge in [0.15, 0.2) is 11.5 Å². The van der Waals surface area contributed by atoms with Gasteiger partial charge >= 0.3 is 0 Å². The molecule has 0 radical (unpaired) electrons. The largest absolute Gasteiger partial charge is 0.493 e. The maximum atomic E-state index is 13.5. The number of carbonyl (C=O) groups excluding carboxylic acids is 2. The van der Waals surface area contributed by atoms with Crippen molar-refractivity contribution in [3.8, 4) is 11.5 Å². The van der Waals surface area contributed by atoms with E-state index in [0.29, 0.717) is 29.2 Å². The van der Waals surface area contributed by atoms with Crippen LogP contribution in [-0.2, 0) is 9.53 Å². The summed E-state index contributed by atoms with van der Waals surface area (Å²) in [6.07, 6.45) is 5.31. The zero-order valence-corrected chi connectivity index (χ0v) is 18.0. The Morgan fingerprint density at radius 3 is 2.71 bits per heavy atom. The van der Waals surface area contributed by atoms with Gasteiger partial charge in [-0.05, 0) is 42.2 Å². The first-order valence-corrected chi connectivity index (χ1v) is 10.4. The normalized spacial score (nSPS) is 22.7. The van der Waals surface area contributed by atoms with Crippen LogP contribution in [0.4, 0.5) is 0 Å². The summed E-state index contributed by atoms with van der Waals surface area (Å²) in [7, 11) is 4.76. The molecule has 0 spiro atoms. The molecule has 1 saturated heterocycles. The Bertz CT molecular complexity index is 959. The van der Waals surface area contributed by atoms with Gasteiger partial charge in [-0.1, -0.05) is 6.07 Å². The summed E-state index contributed by atoms with van der Waals surface area (Å²) in [6, 6.07) is 6.56. The monoisotopic (exact) mass is 425 g/mol. The fourth-order valence-electron chi connectivity index (χ4n) is 4.43. The standard InChI is InChI=1S/C23H27N3O5/c1-26-21(14-6-4-8-24-12-14)20(22(27)25-13-15-7-5-9-31-15)16-10-18(29-2)19(30-3)11-17(16)23(26)28/h4,6,8,10-12,15,20-21H,5,7,9,13H2,1-3H3,(H,25,27)/t15-,20+,21-/m0/s1. The van der Waals surface area contributed by atoms with Crippen molar-refractivity contribution in [2.45, 2.75) is 30.9 Å². The van der Waals surface area contributed by atoms with Gasteiger partial charge < -0.3 is 24.4 Å². The predicted molar refractivity (Wildman–Crippen MR) is 113 cm³/mol. The number of benzene rings is 1. The van der Waals surface area contributed by atoms with Crippen molar-refractivity contribution in [3.05, 3.63) is 53.3 Å². The Balaban J connectivity index is 1.78. The molecule has 4 rings (SSSR count). The van der Waals surface area contributed by atoms with E-state index < -0.39 is 12.0 Å². The molecular formula is C23H27N3O5. The van der Waals surface area contributed by atoms with Crippen LogP contribution in [0.3, 0.4) is 0 Å². The topological polar surface area (TPSA) is 90.0 Å². The minimum absolute atomic E-state index is 0.0219. The van der Waals surface area contributed by atoms with Crippen LogP contribution in [0.15, 0.2) is 36.7 Å². The van der Waals surface area contributed by atoms with Gasteiger partial charge in [0.2, 0.25) is 5.91 Å². The summed E-state index contributed by atoms with van der Waals surface area (Å²) in [5.41, 5.74) is 1.83. The van der Waals surface area contributed by atoms with Crippen molar-refractivity contribution in [1.82, 2.24) is 15.2 Å². The van der Waals surface area contributed by atoms with Crippen molar-refractivity contribution in [1.29, 1.82) is 0 Å². The Morgan fingerprint density at radius 2 is 2.06 bits per heavy atom. The van der Waals surface area contributed by atoms with Gasteiger partial charge in [0, 0.05) is 38.2 Å². The molecule has 1 aromatic heterocycles. The fourth-order valence-corrected chi connectivity index (χ4v) is 4.43. The quantitative estimate of drug-likeness (QED) is 0.764. The van der Waals surface area contributed by atoms with Crippen molar-refractivity contribution < 1.29 is 23.8 Å². The summed E-state index contributed by atoms with van der Waals surface area (Å²) in [5.74, 6) is -0.0740. The lowest BCUT2D eigenvalue weighted by atomic mass is 9.79. The van der Waals surface area contributed by atoms with E-state index in [2.05, 4.69) is 10.3 Å². The first-order valence-electron chi connectivity index (χ1n) is 10.4. The maximum Gasteiger partial charge on any atom is 0.254 e. The second-order valence-corrected chi connectivity index (χ2v) is 7.80. The molecule has 8 nitrogen and oxygen atoms in total. The average Bonchev–Trinajstić information content (AvgIpc) is 3.33. The summed E-state index contributed by atoms with van der Waals surface area (Å²) >= 11 is 0. The number of methoxy groups -OCH3 is 2. The number of nitrogens with zero attached hydrogens (tertiary/aromatic N) is 2. The Hall–Kier alpha value is -3.13. The third kappa shape index (κ3) is 3.95. The number of aromatic nitrogens is 1. The molecule has 2 aliphatic rings. The lowest BCUT2D eigenvalue weighted by Gasteiger charge is -2.40. The minimum atomic E-state index is -0.636. The van der Waals surface area contributed by atoms with Crippen molar-refractivity contribution >= 4 is 11.8 Å². The highest BCUT2D eigenvalue weighted by Gasteiger charge is 2.43.